The fraction of sp³-hybridized carbons (Fsp3) is 0.333. The van der Waals surface area contributed by atoms with Gasteiger partial charge < -0.3 is 19.7 Å². The van der Waals surface area contributed by atoms with E-state index in [9.17, 15) is 14.0 Å². The SMILES string of the molecule is COc1ccc(Cc2nnc(NC(=O)C3CCN(C(=O)c4ccc(F)cc4)CC3)s2)cc1OC. The number of nitrogens with one attached hydrogen (secondary N) is 1. The lowest BCUT2D eigenvalue weighted by atomic mass is 9.95. The van der Waals surface area contributed by atoms with Gasteiger partial charge in [-0.25, -0.2) is 4.39 Å². The number of halogens is 1. The van der Waals surface area contributed by atoms with Crippen LogP contribution in [0.3, 0.4) is 0 Å². The molecule has 3 aromatic rings. The van der Waals surface area contributed by atoms with Crippen molar-refractivity contribution in [3.05, 3.63) is 64.4 Å². The second kappa shape index (κ2) is 10.6. The van der Waals surface area contributed by atoms with E-state index >= 15 is 0 Å². The first-order valence-corrected chi connectivity index (χ1v) is 11.7. The highest BCUT2D eigenvalue weighted by Crippen LogP contribution is 2.29. The van der Waals surface area contributed by atoms with Crippen molar-refractivity contribution in [3.8, 4) is 11.5 Å². The summed E-state index contributed by atoms with van der Waals surface area (Å²) in [7, 11) is 3.17. The lowest BCUT2D eigenvalue weighted by Crippen LogP contribution is -2.41. The Morgan fingerprint density at radius 1 is 1.06 bits per heavy atom. The van der Waals surface area contributed by atoms with Crippen molar-refractivity contribution in [2.45, 2.75) is 19.3 Å². The number of benzene rings is 2. The molecule has 0 aliphatic carbocycles. The zero-order chi connectivity index (χ0) is 24.1. The maximum absolute atomic E-state index is 13.1. The van der Waals surface area contributed by atoms with E-state index in [0.29, 0.717) is 54.5 Å². The maximum Gasteiger partial charge on any atom is 0.253 e. The first kappa shape index (κ1) is 23.6. The summed E-state index contributed by atoms with van der Waals surface area (Å²) in [5.41, 5.74) is 1.44. The second-order valence-electron chi connectivity index (χ2n) is 7.93. The quantitative estimate of drug-likeness (QED) is 0.549. The van der Waals surface area contributed by atoms with Crippen molar-refractivity contribution in [1.29, 1.82) is 0 Å². The van der Waals surface area contributed by atoms with E-state index in [1.165, 1.54) is 35.6 Å². The van der Waals surface area contributed by atoms with Gasteiger partial charge in [0.2, 0.25) is 11.0 Å². The highest BCUT2D eigenvalue weighted by molar-refractivity contribution is 7.15. The van der Waals surface area contributed by atoms with Gasteiger partial charge in [-0.1, -0.05) is 17.4 Å². The van der Waals surface area contributed by atoms with Crippen molar-refractivity contribution in [2.75, 3.05) is 32.6 Å². The third kappa shape index (κ3) is 5.51. The average molecular weight is 485 g/mol. The molecule has 10 heteroatoms. The van der Waals surface area contributed by atoms with Gasteiger partial charge in [-0.2, -0.15) is 0 Å². The molecule has 1 saturated heterocycles. The molecule has 0 saturated carbocycles. The van der Waals surface area contributed by atoms with Crippen LogP contribution in [0.1, 0.15) is 33.8 Å². The van der Waals surface area contributed by atoms with Crippen molar-refractivity contribution >= 4 is 28.3 Å². The number of carbonyl (C=O) groups excluding carboxylic acids is 2. The zero-order valence-electron chi connectivity index (χ0n) is 18.9. The van der Waals surface area contributed by atoms with Crippen molar-refractivity contribution in [2.24, 2.45) is 5.92 Å². The van der Waals surface area contributed by atoms with Crippen LogP contribution in [0.5, 0.6) is 11.5 Å². The van der Waals surface area contributed by atoms with Crippen molar-refractivity contribution in [1.82, 2.24) is 15.1 Å². The van der Waals surface area contributed by atoms with E-state index in [1.807, 2.05) is 18.2 Å². The molecule has 0 spiro atoms. The molecule has 178 valence electrons. The van der Waals surface area contributed by atoms with Crippen LogP contribution in [0.2, 0.25) is 0 Å². The fourth-order valence-corrected chi connectivity index (χ4v) is 4.64. The summed E-state index contributed by atoms with van der Waals surface area (Å²) >= 11 is 1.33. The summed E-state index contributed by atoms with van der Waals surface area (Å²) in [6.07, 6.45) is 1.66. The number of hydrogen-bond acceptors (Lipinski definition) is 7. The molecule has 0 unspecified atom stereocenters. The Morgan fingerprint density at radius 2 is 1.76 bits per heavy atom. The van der Waals surface area contributed by atoms with E-state index in [0.717, 1.165) is 10.6 Å². The monoisotopic (exact) mass is 484 g/mol. The van der Waals surface area contributed by atoms with Gasteiger partial charge in [-0.15, -0.1) is 10.2 Å². The molecule has 0 radical (unpaired) electrons. The highest BCUT2D eigenvalue weighted by atomic mass is 32.1. The van der Waals surface area contributed by atoms with Crippen LogP contribution in [0.15, 0.2) is 42.5 Å². The summed E-state index contributed by atoms with van der Waals surface area (Å²) in [5, 5.41) is 12.4. The summed E-state index contributed by atoms with van der Waals surface area (Å²) in [5.74, 6) is 0.431. The number of amides is 2. The fourth-order valence-electron chi connectivity index (χ4n) is 3.87. The molecular weight excluding hydrogens is 459 g/mol. The van der Waals surface area contributed by atoms with Crippen LogP contribution < -0.4 is 14.8 Å². The number of ether oxygens (including phenoxy) is 2. The number of likely N-dealkylation sites (tertiary alicyclic amines) is 1. The lowest BCUT2D eigenvalue weighted by Gasteiger charge is -2.31. The molecule has 1 aliphatic heterocycles. The van der Waals surface area contributed by atoms with Gasteiger partial charge in [-0.3, -0.25) is 9.59 Å². The Labute approximate surface area is 200 Å². The third-order valence-electron chi connectivity index (χ3n) is 5.74. The minimum Gasteiger partial charge on any atom is -0.493 e. The Bertz CT molecular complexity index is 1160. The summed E-state index contributed by atoms with van der Waals surface area (Å²) < 4.78 is 23.7. The van der Waals surface area contributed by atoms with Crippen molar-refractivity contribution < 1.29 is 23.5 Å². The smallest absolute Gasteiger partial charge is 0.253 e. The molecule has 2 amide bonds. The standard InChI is InChI=1S/C24H25FN4O4S/c1-32-19-8-3-15(13-20(19)33-2)14-21-27-28-24(34-21)26-22(30)16-9-11-29(12-10-16)23(31)17-4-6-18(25)7-5-17/h3-8,13,16H,9-12,14H2,1-2H3,(H,26,28,30). The third-order valence-corrected chi connectivity index (χ3v) is 6.58. The Balaban J connectivity index is 1.29. The molecule has 1 aromatic heterocycles. The molecule has 2 heterocycles. The molecule has 0 bridgehead atoms. The number of piperidine rings is 1. The van der Waals surface area contributed by atoms with Gasteiger partial charge in [0.1, 0.15) is 10.8 Å². The van der Waals surface area contributed by atoms with E-state index in [1.54, 1.807) is 19.1 Å². The summed E-state index contributed by atoms with van der Waals surface area (Å²) in [6, 6.07) is 11.2. The molecular formula is C24H25FN4O4S. The molecule has 4 rings (SSSR count). The van der Waals surface area contributed by atoms with Crippen LogP contribution >= 0.6 is 11.3 Å². The van der Waals surface area contributed by atoms with Gasteiger partial charge in [0.25, 0.3) is 5.91 Å². The van der Waals surface area contributed by atoms with Crippen LogP contribution in [0.25, 0.3) is 0 Å². The zero-order valence-corrected chi connectivity index (χ0v) is 19.7. The minimum atomic E-state index is -0.379. The van der Waals surface area contributed by atoms with E-state index in [2.05, 4.69) is 15.5 Å². The predicted octanol–water partition coefficient (Wildman–Crippen LogP) is 3.78. The molecule has 34 heavy (non-hydrogen) atoms. The topological polar surface area (TPSA) is 93.7 Å². The van der Waals surface area contributed by atoms with Gasteiger partial charge in [0.15, 0.2) is 11.5 Å². The molecule has 1 aliphatic rings. The van der Waals surface area contributed by atoms with Gasteiger partial charge in [0.05, 0.1) is 14.2 Å². The largest absolute Gasteiger partial charge is 0.493 e. The van der Waals surface area contributed by atoms with Crippen LogP contribution in [-0.4, -0.2) is 54.2 Å². The Hall–Kier alpha value is -3.53. The van der Waals surface area contributed by atoms with Gasteiger partial charge >= 0.3 is 0 Å². The Morgan fingerprint density at radius 3 is 2.44 bits per heavy atom. The van der Waals surface area contributed by atoms with E-state index in [-0.39, 0.29) is 23.5 Å². The van der Waals surface area contributed by atoms with Crippen LogP contribution in [-0.2, 0) is 11.2 Å². The first-order valence-electron chi connectivity index (χ1n) is 10.9. The molecule has 8 nitrogen and oxygen atoms in total. The molecule has 2 aromatic carbocycles. The molecule has 0 atom stereocenters. The van der Waals surface area contributed by atoms with E-state index < -0.39 is 0 Å². The molecule has 1 N–H and O–H groups in total. The number of nitrogens with zero attached hydrogens (tertiary/aromatic N) is 3. The predicted molar refractivity (Wildman–Crippen MR) is 126 cm³/mol. The highest BCUT2D eigenvalue weighted by Gasteiger charge is 2.28. The number of aromatic nitrogens is 2. The number of hydrogen-bond donors (Lipinski definition) is 1. The van der Waals surface area contributed by atoms with Crippen LogP contribution in [0, 0.1) is 11.7 Å². The summed E-state index contributed by atoms with van der Waals surface area (Å²) in [6.45, 7) is 0.934. The van der Waals surface area contributed by atoms with E-state index in [4.69, 9.17) is 9.47 Å². The second-order valence-corrected chi connectivity index (χ2v) is 8.99. The maximum atomic E-state index is 13.1. The minimum absolute atomic E-state index is 0.123. The number of methoxy groups -OCH3 is 2. The number of rotatable bonds is 7. The molecule has 1 fully saturated rings. The van der Waals surface area contributed by atoms with Gasteiger partial charge in [-0.05, 0) is 54.8 Å². The first-order chi connectivity index (χ1) is 16.5. The summed E-state index contributed by atoms with van der Waals surface area (Å²) in [4.78, 5) is 27.0. The van der Waals surface area contributed by atoms with Gasteiger partial charge in [0, 0.05) is 31.0 Å². The number of carbonyl (C=O) groups is 2. The number of anilines is 1. The Kier molecular flexibility index (Phi) is 7.36. The normalized spacial score (nSPS) is 14.0. The van der Waals surface area contributed by atoms with Crippen LogP contribution in [0.4, 0.5) is 9.52 Å². The lowest BCUT2D eigenvalue weighted by molar-refractivity contribution is -0.121. The van der Waals surface area contributed by atoms with Crippen molar-refractivity contribution in [3.63, 3.8) is 0 Å². The average Bonchev–Trinajstić information content (AvgIpc) is 3.30.